The van der Waals surface area contributed by atoms with Gasteiger partial charge in [0, 0.05) is 18.0 Å². The highest BCUT2D eigenvalue weighted by molar-refractivity contribution is 7.89. The van der Waals surface area contributed by atoms with E-state index >= 15 is 0 Å². The van der Waals surface area contributed by atoms with Crippen LogP contribution in [0.3, 0.4) is 0 Å². The molecule has 0 spiro atoms. The Hall–Kier alpha value is -3.45. The van der Waals surface area contributed by atoms with Gasteiger partial charge in [0.05, 0.1) is 11.4 Å². The Morgan fingerprint density at radius 2 is 1.86 bits per heavy atom. The summed E-state index contributed by atoms with van der Waals surface area (Å²) < 4.78 is 27.7. The highest BCUT2D eigenvalue weighted by Crippen LogP contribution is 2.34. The van der Waals surface area contributed by atoms with E-state index < -0.39 is 15.8 Å². The largest absolute Gasteiger partial charge is 0.508 e. The number of rotatable bonds is 3. The van der Waals surface area contributed by atoms with Crippen LogP contribution >= 0.6 is 0 Å². The van der Waals surface area contributed by atoms with Crippen LogP contribution in [0.4, 0.5) is 0 Å². The predicted octanol–water partition coefficient (Wildman–Crippen LogP) is 3.22. The van der Waals surface area contributed by atoms with Gasteiger partial charge in [0.25, 0.3) is 10.0 Å². The van der Waals surface area contributed by atoms with E-state index in [-0.39, 0.29) is 28.5 Å². The average molecular weight is 392 g/mol. The topological polar surface area (TPSA) is 87.6 Å². The molecule has 0 bridgehead atoms. The molecule has 0 saturated heterocycles. The molecule has 0 aliphatic carbocycles. The molecular weight excluding hydrogens is 376 g/mol. The lowest BCUT2D eigenvalue weighted by atomic mass is 10.0. The van der Waals surface area contributed by atoms with Crippen molar-refractivity contribution in [1.29, 1.82) is 0 Å². The SMILES string of the molecule is O=C1C(=Cc2cccc(O)c2)N(Cc2cccnc2)S(=O)(=O)c2ccccc21. The third-order valence-corrected chi connectivity index (χ3v) is 6.24. The van der Waals surface area contributed by atoms with Crippen molar-refractivity contribution in [3.8, 4) is 5.75 Å². The number of carbonyl (C=O) groups is 1. The minimum absolute atomic E-state index is 0.0167. The normalized spacial score (nSPS) is 16.8. The second kappa shape index (κ2) is 6.94. The molecular formula is C21H16N2O4S. The number of aromatic hydroxyl groups is 1. The van der Waals surface area contributed by atoms with Crippen molar-refractivity contribution >= 4 is 21.9 Å². The maximum absolute atomic E-state index is 13.3. The summed E-state index contributed by atoms with van der Waals surface area (Å²) in [5.74, 6) is -0.364. The Morgan fingerprint density at radius 1 is 1.04 bits per heavy atom. The second-order valence-corrected chi connectivity index (χ2v) is 8.15. The predicted molar refractivity (Wildman–Crippen MR) is 104 cm³/mol. The smallest absolute Gasteiger partial charge is 0.265 e. The molecule has 0 unspecified atom stereocenters. The van der Waals surface area contributed by atoms with Crippen LogP contribution in [0.5, 0.6) is 5.75 Å². The first kappa shape index (κ1) is 17.9. The van der Waals surface area contributed by atoms with E-state index in [1.165, 1.54) is 30.3 Å². The molecule has 1 aliphatic heterocycles. The molecule has 0 saturated carbocycles. The van der Waals surface area contributed by atoms with E-state index in [1.807, 2.05) is 0 Å². The summed E-state index contributed by atoms with van der Waals surface area (Å²) in [6.45, 7) is -0.0269. The lowest BCUT2D eigenvalue weighted by Crippen LogP contribution is -2.38. The lowest BCUT2D eigenvalue weighted by molar-refractivity contribution is 0.100. The third-order valence-electron chi connectivity index (χ3n) is 4.42. The monoisotopic (exact) mass is 392 g/mol. The Morgan fingerprint density at radius 3 is 2.61 bits per heavy atom. The first-order valence-corrected chi connectivity index (χ1v) is 9.97. The Kier molecular flexibility index (Phi) is 4.44. The maximum Gasteiger partial charge on any atom is 0.265 e. The van der Waals surface area contributed by atoms with E-state index in [0.29, 0.717) is 11.1 Å². The number of allylic oxidation sites excluding steroid dienone is 1. The summed E-state index contributed by atoms with van der Waals surface area (Å²) in [6.07, 6.45) is 4.64. The highest BCUT2D eigenvalue weighted by atomic mass is 32.2. The van der Waals surface area contributed by atoms with Gasteiger partial charge in [-0.2, -0.15) is 0 Å². The van der Waals surface area contributed by atoms with Crippen LogP contribution in [-0.4, -0.2) is 28.6 Å². The van der Waals surface area contributed by atoms with Crippen LogP contribution in [0, 0.1) is 0 Å². The van der Waals surface area contributed by atoms with Crippen LogP contribution in [0.2, 0.25) is 0 Å². The van der Waals surface area contributed by atoms with Gasteiger partial charge in [0.1, 0.15) is 11.4 Å². The van der Waals surface area contributed by atoms with Crippen molar-refractivity contribution in [3.63, 3.8) is 0 Å². The van der Waals surface area contributed by atoms with Crippen molar-refractivity contribution in [2.45, 2.75) is 11.4 Å². The fraction of sp³-hybridized carbons (Fsp3) is 0.0476. The summed E-state index contributed by atoms with van der Waals surface area (Å²) in [5.41, 5.74) is 1.33. The molecule has 140 valence electrons. The minimum atomic E-state index is -3.94. The molecule has 0 fully saturated rings. The van der Waals surface area contributed by atoms with Gasteiger partial charge in [0.15, 0.2) is 0 Å². The zero-order valence-electron chi connectivity index (χ0n) is 14.7. The average Bonchev–Trinajstić information content (AvgIpc) is 2.70. The molecule has 0 radical (unpaired) electrons. The molecule has 1 aromatic heterocycles. The number of hydrogen-bond donors (Lipinski definition) is 1. The molecule has 28 heavy (non-hydrogen) atoms. The number of fused-ring (bicyclic) bond motifs is 1. The first-order valence-electron chi connectivity index (χ1n) is 8.53. The molecule has 3 aromatic rings. The first-order chi connectivity index (χ1) is 13.5. The summed E-state index contributed by atoms with van der Waals surface area (Å²) in [4.78, 5) is 17.1. The number of aromatic nitrogens is 1. The molecule has 0 atom stereocenters. The van der Waals surface area contributed by atoms with E-state index in [1.54, 1.807) is 48.8 Å². The lowest BCUT2D eigenvalue weighted by Gasteiger charge is -2.31. The zero-order valence-corrected chi connectivity index (χ0v) is 15.5. The van der Waals surface area contributed by atoms with Gasteiger partial charge in [-0.3, -0.25) is 14.1 Å². The van der Waals surface area contributed by atoms with Crippen molar-refractivity contribution < 1.29 is 18.3 Å². The van der Waals surface area contributed by atoms with Crippen molar-refractivity contribution in [2.75, 3.05) is 0 Å². The summed E-state index contributed by atoms with van der Waals surface area (Å²) >= 11 is 0. The summed E-state index contributed by atoms with van der Waals surface area (Å²) in [5, 5.41) is 9.72. The van der Waals surface area contributed by atoms with Crippen LogP contribution in [0.15, 0.2) is 83.6 Å². The molecule has 2 heterocycles. The standard InChI is InChI=1S/C21H16N2O4S/c24-17-7-3-5-15(11-17)12-19-21(25)18-8-1-2-9-20(18)28(26,27)23(19)14-16-6-4-10-22-13-16/h1-13,24H,14H2. The van der Waals surface area contributed by atoms with Gasteiger partial charge in [0.2, 0.25) is 5.78 Å². The van der Waals surface area contributed by atoms with Crippen LogP contribution in [0.1, 0.15) is 21.5 Å². The van der Waals surface area contributed by atoms with E-state index in [9.17, 15) is 18.3 Å². The molecule has 1 N–H and O–H groups in total. The number of benzene rings is 2. The Balaban J connectivity index is 1.91. The Labute approximate surface area is 162 Å². The minimum Gasteiger partial charge on any atom is -0.508 e. The number of pyridine rings is 1. The fourth-order valence-corrected chi connectivity index (χ4v) is 4.76. The number of carbonyl (C=O) groups excluding carboxylic acids is 1. The quantitative estimate of drug-likeness (QED) is 0.692. The van der Waals surface area contributed by atoms with Gasteiger partial charge in [-0.1, -0.05) is 30.3 Å². The zero-order chi connectivity index (χ0) is 19.7. The van der Waals surface area contributed by atoms with Crippen LogP contribution in [-0.2, 0) is 16.6 Å². The van der Waals surface area contributed by atoms with Gasteiger partial charge in [-0.25, -0.2) is 8.42 Å². The number of sulfonamides is 1. The molecule has 6 nitrogen and oxygen atoms in total. The van der Waals surface area contributed by atoms with Crippen LogP contribution < -0.4 is 0 Å². The van der Waals surface area contributed by atoms with E-state index in [4.69, 9.17) is 0 Å². The number of hydrogen-bond acceptors (Lipinski definition) is 5. The molecule has 0 amide bonds. The Bertz CT molecular complexity index is 1190. The number of phenols is 1. The van der Waals surface area contributed by atoms with Gasteiger partial charge in [-0.05, 0) is 47.5 Å². The van der Waals surface area contributed by atoms with E-state index in [0.717, 1.165) is 4.31 Å². The number of Topliss-reactive ketones (excluding diaryl/α,β-unsaturated/α-hetero) is 1. The number of ketones is 1. The van der Waals surface area contributed by atoms with Gasteiger partial charge in [-0.15, -0.1) is 0 Å². The summed E-state index contributed by atoms with van der Waals surface area (Å²) in [7, 11) is -3.94. The van der Waals surface area contributed by atoms with E-state index in [2.05, 4.69) is 4.98 Å². The van der Waals surface area contributed by atoms with Gasteiger partial charge < -0.3 is 5.11 Å². The maximum atomic E-state index is 13.3. The van der Waals surface area contributed by atoms with Crippen molar-refractivity contribution in [1.82, 2.24) is 9.29 Å². The van der Waals surface area contributed by atoms with Crippen molar-refractivity contribution in [3.05, 3.63) is 95.4 Å². The molecule has 7 heteroatoms. The van der Waals surface area contributed by atoms with Gasteiger partial charge >= 0.3 is 0 Å². The summed E-state index contributed by atoms with van der Waals surface area (Å²) in [6, 6.07) is 15.9. The molecule has 1 aliphatic rings. The third kappa shape index (κ3) is 3.16. The molecule has 2 aromatic carbocycles. The fourth-order valence-electron chi connectivity index (χ4n) is 3.12. The second-order valence-electron chi connectivity index (χ2n) is 6.32. The number of nitrogens with zero attached hydrogens (tertiary/aromatic N) is 2. The van der Waals surface area contributed by atoms with Crippen LogP contribution in [0.25, 0.3) is 6.08 Å². The highest BCUT2D eigenvalue weighted by Gasteiger charge is 2.39. The number of phenolic OH excluding ortho intramolecular Hbond substituents is 1. The molecule has 4 rings (SSSR count). The van der Waals surface area contributed by atoms with Crippen molar-refractivity contribution in [2.24, 2.45) is 0 Å².